The average molecular weight is 519 g/mol. The molecule has 162 valence electrons. The molecule has 1 aliphatic carbocycles. The van der Waals surface area contributed by atoms with E-state index in [1.54, 1.807) is 0 Å². The van der Waals surface area contributed by atoms with Gasteiger partial charge >= 0.3 is 0 Å². The summed E-state index contributed by atoms with van der Waals surface area (Å²) in [6.07, 6.45) is 8.79. The van der Waals surface area contributed by atoms with Gasteiger partial charge in [0.1, 0.15) is 0 Å². The summed E-state index contributed by atoms with van der Waals surface area (Å²) in [7, 11) is -3.13. The van der Waals surface area contributed by atoms with Crippen LogP contribution in [0.15, 0.2) is 4.99 Å². The SMILES string of the molecule is CCNC(=NCC1(CCO)CCCCC1)NCCCN(CC)S(C)(=O)=O.I. The molecule has 0 atom stereocenters. The van der Waals surface area contributed by atoms with Gasteiger partial charge in [0.2, 0.25) is 10.0 Å². The number of halogens is 1. The molecule has 0 bridgehead atoms. The van der Waals surface area contributed by atoms with Crippen LogP contribution in [0.4, 0.5) is 0 Å². The Hall–Kier alpha value is -0.130. The highest BCUT2D eigenvalue weighted by Gasteiger charge is 2.31. The molecule has 1 fully saturated rings. The van der Waals surface area contributed by atoms with Gasteiger partial charge in [-0.25, -0.2) is 12.7 Å². The third-order valence-electron chi connectivity index (χ3n) is 5.17. The first-order valence-electron chi connectivity index (χ1n) is 9.95. The fraction of sp³-hybridized carbons (Fsp3) is 0.944. The predicted molar refractivity (Wildman–Crippen MR) is 123 cm³/mol. The molecule has 0 radical (unpaired) electrons. The molecule has 0 amide bonds. The second kappa shape index (κ2) is 13.9. The van der Waals surface area contributed by atoms with Crippen LogP contribution in [0.2, 0.25) is 0 Å². The molecule has 7 nitrogen and oxygen atoms in total. The minimum absolute atomic E-state index is 0. The van der Waals surface area contributed by atoms with E-state index in [0.717, 1.165) is 44.7 Å². The molecule has 3 N–H and O–H groups in total. The fourth-order valence-corrected chi connectivity index (χ4v) is 4.57. The minimum atomic E-state index is -3.13. The Labute approximate surface area is 182 Å². The quantitative estimate of drug-likeness (QED) is 0.169. The van der Waals surface area contributed by atoms with Gasteiger partial charge in [0.15, 0.2) is 5.96 Å². The smallest absolute Gasteiger partial charge is 0.211 e. The van der Waals surface area contributed by atoms with Crippen LogP contribution < -0.4 is 10.6 Å². The number of aliphatic imine (C=N–C) groups is 1. The van der Waals surface area contributed by atoms with Crippen LogP contribution in [-0.4, -0.2) is 69.4 Å². The third kappa shape index (κ3) is 10.3. The first-order chi connectivity index (χ1) is 12.4. The molecule has 0 aliphatic heterocycles. The zero-order valence-corrected chi connectivity index (χ0v) is 20.3. The maximum absolute atomic E-state index is 11.6. The Morgan fingerprint density at radius 1 is 1.19 bits per heavy atom. The number of aliphatic hydroxyl groups excluding tert-OH is 1. The molecule has 1 aliphatic rings. The largest absolute Gasteiger partial charge is 0.396 e. The van der Waals surface area contributed by atoms with Gasteiger partial charge in [-0.05, 0) is 38.0 Å². The maximum Gasteiger partial charge on any atom is 0.211 e. The molecule has 0 spiro atoms. The van der Waals surface area contributed by atoms with Gasteiger partial charge in [0, 0.05) is 39.3 Å². The van der Waals surface area contributed by atoms with Crippen molar-refractivity contribution in [1.82, 2.24) is 14.9 Å². The lowest BCUT2D eigenvalue weighted by atomic mass is 9.72. The summed E-state index contributed by atoms with van der Waals surface area (Å²) in [5.41, 5.74) is 0.130. The van der Waals surface area contributed by atoms with Gasteiger partial charge < -0.3 is 15.7 Å². The Morgan fingerprint density at radius 3 is 2.37 bits per heavy atom. The highest BCUT2D eigenvalue weighted by atomic mass is 127. The molecular formula is C18H39IN4O3S. The number of nitrogens with zero attached hydrogens (tertiary/aromatic N) is 2. The van der Waals surface area contributed by atoms with Gasteiger partial charge in [-0.15, -0.1) is 24.0 Å². The molecule has 1 saturated carbocycles. The van der Waals surface area contributed by atoms with Crippen LogP contribution in [0, 0.1) is 5.41 Å². The lowest BCUT2D eigenvalue weighted by Crippen LogP contribution is -2.40. The van der Waals surface area contributed by atoms with E-state index in [4.69, 9.17) is 4.99 Å². The number of hydrogen-bond donors (Lipinski definition) is 3. The van der Waals surface area contributed by atoms with Crippen molar-refractivity contribution >= 4 is 40.0 Å². The van der Waals surface area contributed by atoms with Crippen molar-refractivity contribution in [3.05, 3.63) is 0 Å². The Kier molecular flexibility index (Phi) is 13.9. The molecular weight excluding hydrogens is 479 g/mol. The summed E-state index contributed by atoms with van der Waals surface area (Å²) in [4.78, 5) is 4.76. The Balaban J connectivity index is 0.00000676. The van der Waals surface area contributed by atoms with E-state index < -0.39 is 10.0 Å². The number of hydrogen-bond acceptors (Lipinski definition) is 4. The van der Waals surface area contributed by atoms with Crippen LogP contribution in [0.3, 0.4) is 0 Å². The van der Waals surface area contributed by atoms with Crippen LogP contribution in [0.5, 0.6) is 0 Å². The van der Waals surface area contributed by atoms with Crippen LogP contribution >= 0.6 is 24.0 Å². The van der Waals surface area contributed by atoms with E-state index in [0.29, 0.717) is 19.6 Å². The Bertz CT molecular complexity index is 517. The number of rotatable bonds is 11. The van der Waals surface area contributed by atoms with Crippen molar-refractivity contribution in [3.63, 3.8) is 0 Å². The fourth-order valence-electron chi connectivity index (χ4n) is 3.64. The molecule has 0 aromatic carbocycles. The van der Waals surface area contributed by atoms with Crippen molar-refractivity contribution < 1.29 is 13.5 Å². The van der Waals surface area contributed by atoms with Crippen molar-refractivity contribution in [1.29, 1.82) is 0 Å². The highest BCUT2D eigenvalue weighted by molar-refractivity contribution is 14.0. The summed E-state index contributed by atoms with van der Waals surface area (Å²) in [5.74, 6) is 0.776. The Morgan fingerprint density at radius 2 is 1.85 bits per heavy atom. The number of sulfonamides is 1. The van der Waals surface area contributed by atoms with E-state index in [1.165, 1.54) is 29.8 Å². The van der Waals surface area contributed by atoms with Crippen molar-refractivity contribution in [2.45, 2.75) is 58.8 Å². The first-order valence-corrected chi connectivity index (χ1v) is 11.8. The first kappa shape index (κ1) is 26.9. The maximum atomic E-state index is 11.6. The van der Waals surface area contributed by atoms with E-state index in [2.05, 4.69) is 10.6 Å². The third-order valence-corrected chi connectivity index (χ3v) is 6.55. The summed E-state index contributed by atoms with van der Waals surface area (Å²) >= 11 is 0. The number of guanidine groups is 1. The monoisotopic (exact) mass is 518 g/mol. The molecule has 0 heterocycles. The van der Waals surface area contributed by atoms with Gasteiger partial charge in [-0.3, -0.25) is 4.99 Å². The zero-order valence-electron chi connectivity index (χ0n) is 17.2. The standard InChI is InChI=1S/C18H38N4O3S.HI/c1-4-19-17(20-13-9-14-22(5-2)26(3,24)25)21-16-18(12-15-23)10-7-6-8-11-18;/h23H,4-16H2,1-3H3,(H2,19,20,21);1H. The van der Waals surface area contributed by atoms with Crippen molar-refractivity contribution in [2.24, 2.45) is 10.4 Å². The highest BCUT2D eigenvalue weighted by Crippen LogP contribution is 2.39. The minimum Gasteiger partial charge on any atom is -0.396 e. The van der Waals surface area contributed by atoms with E-state index in [1.807, 2.05) is 13.8 Å². The van der Waals surface area contributed by atoms with Gasteiger partial charge in [-0.2, -0.15) is 0 Å². The second-order valence-electron chi connectivity index (χ2n) is 7.26. The van der Waals surface area contributed by atoms with Crippen LogP contribution in [0.25, 0.3) is 0 Å². The molecule has 0 unspecified atom stereocenters. The normalized spacial score (nSPS) is 17.4. The van der Waals surface area contributed by atoms with Gasteiger partial charge in [0.25, 0.3) is 0 Å². The average Bonchev–Trinajstić information content (AvgIpc) is 2.59. The molecule has 0 saturated heterocycles. The van der Waals surface area contributed by atoms with Gasteiger partial charge in [0.05, 0.1) is 6.26 Å². The summed E-state index contributed by atoms with van der Waals surface area (Å²) in [6, 6.07) is 0. The summed E-state index contributed by atoms with van der Waals surface area (Å²) in [5, 5.41) is 16.0. The lowest BCUT2D eigenvalue weighted by molar-refractivity contribution is 0.137. The predicted octanol–water partition coefficient (Wildman–Crippen LogP) is 2.16. The van der Waals surface area contributed by atoms with Gasteiger partial charge in [-0.1, -0.05) is 26.2 Å². The van der Waals surface area contributed by atoms with E-state index in [-0.39, 0.29) is 36.0 Å². The summed E-state index contributed by atoms with van der Waals surface area (Å²) in [6.45, 7) is 7.29. The molecule has 27 heavy (non-hydrogen) atoms. The molecule has 9 heteroatoms. The number of nitrogens with one attached hydrogen (secondary N) is 2. The van der Waals surface area contributed by atoms with E-state index >= 15 is 0 Å². The zero-order chi connectivity index (χ0) is 19.5. The lowest BCUT2D eigenvalue weighted by Gasteiger charge is -2.35. The molecule has 0 aromatic heterocycles. The molecule has 0 aromatic rings. The van der Waals surface area contributed by atoms with Crippen LogP contribution in [0.1, 0.15) is 58.8 Å². The second-order valence-corrected chi connectivity index (χ2v) is 9.25. The van der Waals surface area contributed by atoms with E-state index in [9.17, 15) is 13.5 Å². The topological polar surface area (TPSA) is 94.0 Å². The van der Waals surface area contributed by atoms with Crippen molar-refractivity contribution in [3.8, 4) is 0 Å². The van der Waals surface area contributed by atoms with Crippen LogP contribution in [-0.2, 0) is 10.0 Å². The number of aliphatic hydroxyl groups is 1. The molecule has 1 rings (SSSR count). The summed E-state index contributed by atoms with van der Waals surface area (Å²) < 4.78 is 24.7. The van der Waals surface area contributed by atoms with Crippen molar-refractivity contribution in [2.75, 3.05) is 45.6 Å².